The first-order valence-corrected chi connectivity index (χ1v) is 13.4. The molecule has 0 aliphatic rings. The van der Waals surface area contributed by atoms with Crippen molar-refractivity contribution < 1.29 is 23.2 Å². The van der Waals surface area contributed by atoms with Crippen LogP contribution in [0.25, 0.3) is 11.1 Å². The lowest BCUT2D eigenvalue weighted by molar-refractivity contribution is -0.108. The van der Waals surface area contributed by atoms with E-state index in [4.69, 9.17) is 11.6 Å². The zero-order valence-corrected chi connectivity index (χ0v) is 24.0. The molecule has 1 unspecified atom stereocenters. The fourth-order valence-corrected chi connectivity index (χ4v) is 4.72. The summed E-state index contributed by atoms with van der Waals surface area (Å²) in [6.07, 6.45) is 1.91. The number of hydrogen-bond acceptors (Lipinski definition) is 4. The summed E-state index contributed by atoms with van der Waals surface area (Å²) in [6, 6.07) is 14.9. The lowest BCUT2D eigenvalue weighted by atomic mass is 9.92. The van der Waals surface area contributed by atoms with Gasteiger partial charge in [0.05, 0.1) is 17.3 Å². The summed E-state index contributed by atoms with van der Waals surface area (Å²) in [4.78, 5) is 41.5. The van der Waals surface area contributed by atoms with Crippen molar-refractivity contribution in [2.24, 2.45) is 5.73 Å². The molecular weight excluding hydrogens is 548 g/mol. The summed E-state index contributed by atoms with van der Waals surface area (Å²) in [5.74, 6) is -2.46. The Bertz CT molecular complexity index is 1570. The number of rotatable bonds is 9. The van der Waals surface area contributed by atoms with Gasteiger partial charge in [0.15, 0.2) is 0 Å². The number of nitrogens with one attached hydrogen (secondary N) is 2. The Balaban J connectivity index is 0.00000226. The van der Waals surface area contributed by atoms with Gasteiger partial charge in [0.2, 0.25) is 5.78 Å². The second kappa shape index (κ2) is 14.0. The lowest BCUT2D eigenvalue weighted by Gasteiger charge is -2.18. The molecule has 3 aromatic carbocycles. The number of carbonyl (C=O) groups excluding carboxylic acids is 3. The molecule has 6 nitrogen and oxygen atoms in total. The molecule has 214 valence electrons. The number of amides is 1. The van der Waals surface area contributed by atoms with Crippen molar-refractivity contribution in [3.8, 4) is 11.1 Å². The van der Waals surface area contributed by atoms with E-state index < -0.39 is 29.4 Å². The molecule has 0 bridgehead atoms. The fraction of sp³-hybridized carbons (Fsp3) is 0.219. The highest BCUT2D eigenvalue weighted by Gasteiger charge is 2.29. The van der Waals surface area contributed by atoms with Gasteiger partial charge in [0.25, 0.3) is 5.91 Å². The van der Waals surface area contributed by atoms with E-state index in [-0.39, 0.29) is 40.3 Å². The van der Waals surface area contributed by atoms with Gasteiger partial charge >= 0.3 is 0 Å². The van der Waals surface area contributed by atoms with E-state index in [0.29, 0.717) is 22.4 Å². The van der Waals surface area contributed by atoms with Crippen molar-refractivity contribution in [1.29, 1.82) is 0 Å². The average Bonchev–Trinajstić information content (AvgIpc) is 3.40. The number of aldehydes is 1. The number of H-pyrrole nitrogens is 1. The summed E-state index contributed by atoms with van der Waals surface area (Å²) in [6.45, 7) is 5.37. The number of benzene rings is 3. The Kier molecular flexibility index (Phi) is 10.7. The number of aromatic amines is 1. The maximum absolute atomic E-state index is 15.3. The SMILES string of the molecule is CN.Cc1c(F)ccc(F)c1-c1c(C(=O)NC(CC=O)c2cccc(Cl)c2)c[nH]c1C(=O)c1cccc(C(C)C)c1. The molecule has 1 heterocycles. The summed E-state index contributed by atoms with van der Waals surface area (Å²) in [5, 5.41) is 3.21. The summed E-state index contributed by atoms with van der Waals surface area (Å²) >= 11 is 6.10. The normalized spacial score (nSPS) is 11.4. The zero-order valence-electron chi connectivity index (χ0n) is 23.2. The van der Waals surface area contributed by atoms with Gasteiger partial charge in [-0.2, -0.15) is 0 Å². The molecule has 0 radical (unpaired) electrons. The molecule has 0 saturated heterocycles. The Morgan fingerprint density at radius 1 is 0.976 bits per heavy atom. The number of carbonyl (C=O) groups is 3. The van der Waals surface area contributed by atoms with E-state index in [9.17, 15) is 18.8 Å². The summed E-state index contributed by atoms with van der Waals surface area (Å²) in [5.41, 5.74) is 5.94. The lowest BCUT2D eigenvalue weighted by Crippen LogP contribution is -2.29. The molecule has 0 saturated carbocycles. The number of aromatic nitrogens is 1. The van der Waals surface area contributed by atoms with Crippen LogP contribution in [0.2, 0.25) is 5.02 Å². The van der Waals surface area contributed by atoms with Crippen molar-refractivity contribution in [2.75, 3.05) is 7.05 Å². The standard InChI is InChI=1S/C31H27ClF2N2O3.CH5N/c1-17(2)19-6-4-8-21(14-19)30(38)29-28(27-18(3)24(33)10-11-25(27)34)23(16-35-29)31(39)36-26(12-13-37)20-7-5-9-22(32)15-20;1-2/h4-11,13-17,26,35H,12H2,1-3H3,(H,36,39);2H2,1H3. The Morgan fingerprint density at radius 2 is 1.63 bits per heavy atom. The molecule has 1 amide bonds. The highest BCUT2D eigenvalue weighted by atomic mass is 35.5. The fourth-order valence-electron chi connectivity index (χ4n) is 4.52. The maximum Gasteiger partial charge on any atom is 0.253 e. The van der Waals surface area contributed by atoms with Crippen LogP contribution in [0.3, 0.4) is 0 Å². The number of halogens is 3. The van der Waals surface area contributed by atoms with E-state index in [1.807, 2.05) is 19.9 Å². The molecule has 41 heavy (non-hydrogen) atoms. The van der Waals surface area contributed by atoms with Crippen molar-refractivity contribution in [3.63, 3.8) is 0 Å². The molecule has 4 aromatic rings. The third-order valence-corrected chi connectivity index (χ3v) is 6.89. The Morgan fingerprint density at radius 3 is 2.29 bits per heavy atom. The Labute approximate surface area is 242 Å². The van der Waals surface area contributed by atoms with Crippen molar-refractivity contribution >= 4 is 29.6 Å². The highest BCUT2D eigenvalue weighted by Crippen LogP contribution is 2.36. The molecule has 0 aliphatic heterocycles. The second-order valence-electron chi connectivity index (χ2n) is 9.57. The van der Waals surface area contributed by atoms with Crippen LogP contribution in [-0.4, -0.2) is 30.0 Å². The van der Waals surface area contributed by atoms with E-state index >= 15 is 4.39 Å². The smallest absolute Gasteiger partial charge is 0.253 e. The maximum atomic E-state index is 15.3. The van der Waals surface area contributed by atoms with Crippen LogP contribution >= 0.6 is 11.6 Å². The van der Waals surface area contributed by atoms with Gasteiger partial charge in [0.1, 0.15) is 17.9 Å². The van der Waals surface area contributed by atoms with Crippen LogP contribution in [0.15, 0.2) is 66.9 Å². The molecule has 1 atom stereocenters. The predicted octanol–water partition coefficient (Wildman–Crippen LogP) is 6.91. The second-order valence-corrected chi connectivity index (χ2v) is 10.0. The van der Waals surface area contributed by atoms with Crippen LogP contribution in [-0.2, 0) is 4.79 Å². The van der Waals surface area contributed by atoms with Gasteiger partial charge in [-0.1, -0.05) is 55.8 Å². The Hall–Kier alpha value is -4.14. The molecule has 4 rings (SSSR count). The van der Waals surface area contributed by atoms with Gasteiger partial charge < -0.3 is 20.8 Å². The first-order valence-electron chi connectivity index (χ1n) is 13.0. The van der Waals surface area contributed by atoms with Crippen molar-refractivity contribution in [1.82, 2.24) is 10.3 Å². The van der Waals surface area contributed by atoms with E-state index in [1.54, 1.807) is 42.5 Å². The van der Waals surface area contributed by atoms with Crippen molar-refractivity contribution in [3.05, 3.63) is 117 Å². The largest absolute Gasteiger partial charge is 0.357 e. The minimum absolute atomic E-state index is 0.0482. The first kappa shape index (κ1) is 31.4. The third kappa shape index (κ3) is 6.96. The topological polar surface area (TPSA) is 105 Å². The van der Waals surface area contributed by atoms with Crippen molar-refractivity contribution in [2.45, 2.75) is 39.2 Å². The minimum atomic E-state index is -0.785. The zero-order chi connectivity index (χ0) is 30.3. The molecule has 9 heteroatoms. The van der Waals surface area contributed by atoms with Gasteiger partial charge in [-0.3, -0.25) is 9.59 Å². The number of ketones is 1. The van der Waals surface area contributed by atoms with Gasteiger partial charge in [-0.15, -0.1) is 0 Å². The molecule has 1 aromatic heterocycles. The van der Waals surface area contributed by atoms with E-state index in [1.165, 1.54) is 20.2 Å². The van der Waals surface area contributed by atoms with Crippen LogP contribution in [0.4, 0.5) is 8.78 Å². The number of hydrogen-bond donors (Lipinski definition) is 3. The van der Waals surface area contributed by atoms with Crippen LogP contribution in [0.5, 0.6) is 0 Å². The van der Waals surface area contributed by atoms with Gasteiger partial charge in [-0.25, -0.2) is 8.78 Å². The highest BCUT2D eigenvalue weighted by molar-refractivity contribution is 6.30. The predicted molar refractivity (Wildman–Crippen MR) is 157 cm³/mol. The van der Waals surface area contributed by atoms with E-state index in [0.717, 1.165) is 17.7 Å². The molecule has 0 spiro atoms. The minimum Gasteiger partial charge on any atom is -0.357 e. The van der Waals surface area contributed by atoms with E-state index in [2.05, 4.69) is 16.0 Å². The van der Waals surface area contributed by atoms with Crippen LogP contribution in [0, 0.1) is 18.6 Å². The monoisotopic (exact) mass is 579 g/mol. The average molecular weight is 580 g/mol. The third-order valence-electron chi connectivity index (χ3n) is 6.65. The summed E-state index contributed by atoms with van der Waals surface area (Å²) < 4.78 is 29.9. The molecule has 0 fully saturated rings. The van der Waals surface area contributed by atoms with Gasteiger partial charge in [-0.05, 0) is 66.9 Å². The van der Waals surface area contributed by atoms with Crippen LogP contribution in [0.1, 0.15) is 75.3 Å². The molecule has 0 aliphatic carbocycles. The summed E-state index contributed by atoms with van der Waals surface area (Å²) in [7, 11) is 1.50. The molecular formula is C32H32ClF2N3O3. The van der Waals surface area contributed by atoms with Gasteiger partial charge in [0, 0.05) is 34.3 Å². The quantitative estimate of drug-likeness (QED) is 0.148. The number of nitrogens with two attached hydrogens (primary N) is 1. The first-order chi connectivity index (χ1) is 19.6. The van der Waals surface area contributed by atoms with Crippen LogP contribution < -0.4 is 11.1 Å². The molecule has 4 N–H and O–H groups in total.